The highest BCUT2D eigenvalue weighted by Gasteiger charge is 2.33. The Morgan fingerprint density at radius 1 is 0.976 bits per heavy atom. The lowest BCUT2D eigenvalue weighted by Crippen LogP contribution is -2.42. The first-order valence-electron chi connectivity index (χ1n) is 14.2. The van der Waals surface area contributed by atoms with E-state index in [0.717, 1.165) is 60.1 Å². The van der Waals surface area contributed by atoms with Crippen LogP contribution in [0.4, 0.5) is 0 Å². The summed E-state index contributed by atoms with van der Waals surface area (Å²) in [5.74, 6) is -1.07. The van der Waals surface area contributed by atoms with Gasteiger partial charge in [0.15, 0.2) is 0 Å². The first kappa shape index (κ1) is 31.8. The SMILES string of the molecule is CSC[C@H]1CC[C@H](Cc2ccccc2)N1Cc1ccc(C(=O)N[C@@H](CCS(C)(=O)=O)C(=O)O)c(-c2ccccc2C)c1. The summed E-state index contributed by atoms with van der Waals surface area (Å²) in [5, 5.41) is 12.3. The molecule has 1 aliphatic rings. The standard InChI is InChI=1S/C33H40N2O5S2/c1-23-9-7-8-12-28(23)30-20-25(13-16-29(30)32(36)34-31(33(37)38)17-18-42(3,39)40)21-35-26(14-15-27(35)22-41-2)19-24-10-5-4-6-11-24/h4-13,16,20,26-27,31H,14-15,17-19,21-22H2,1-3H3,(H,34,36)(H,37,38)/t26-,27-,31+/m1/s1. The van der Waals surface area contributed by atoms with Crippen LogP contribution in [0.5, 0.6) is 0 Å². The first-order valence-corrected chi connectivity index (χ1v) is 17.7. The third-order valence-corrected chi connectivity index (χ3v) is 9.65. The Labute approximate surface area is 253 Å². The average Bonchev–Trinajstić information content (AvgIpc) is 3.31. The van der Waals surface area contributed by atoms with Crippen LogP contribution < -0.4 is 5.32 Å². The van der Waals surface area contributed by atoms with E-state index in [1.165, 1.54) is 5.56 Å². The summed E-state index contributed by atoms with van der Waals surface area (Å²) in [6, 6.07) is 23.8. The largest absolute Gasteiger partial charge is 0.480 e. The molecule has 42 heavy (non-hydrogen) atoms. The van der Waals surface area contributed by atoms with E-state index in [1.54, 1.807) is 6.07 Å². The number of likely N-dealkylation sites (tertiary alicyclic amines) is 1. The van der Waals surface area contributed by atoms with Gasteiger partial charge in [0.25, 0.3) is 5.91 Å². The zero-order chi connectivity index (χ0) is 30.3. The second-order valence-electron chi connectivity index (χ2n) is 11.2. The van der Waals surface area contributed by atoms with Crippen molar-refractivity contribution in [3.63, 3.8) is 0 Å². The van der Waals surface area contributed by atoms with Crippen LogP contribution >= 0.6 is 11.8 Å². The Morgan fingerprint density at radius 2 is 1.67 bits per heavy atom. The molecule has 0 aromatic heterocycles. The number of carbonyl (C=O) groups excluding carboxylic acids is 1. The van der Waals surface area contributed by atoms with Gasteiger partial charge in [-0.3, -0.25) is 9.69 Å². The molecule has 0 bridgehead atoms. The Hall–Kier alpha value is -3.14. The molecule has 1 aliphatic heterocycles. The van der Waals surface area contributed by atoms with Crippen LogP contribution in [0.2, 0.25) is 0 Å². The van der Waals surface area contributed by atoms with Gasteiger partial charge in [-0.15, -0.1) is 0 Å². The molecule has 0 saturated carbocycles. The van der Waals surface area contributed by atoms with Crippen LogP contribution in [-0.2, 0) is 27.6 Å². The molecule has 0 unspecified atom stereocenters. The maximum Gasteiger partial charge on any atom is 0.326 e. The van der Waals surface area contributed by atoms with Gasteiger partial charge in [-0.1, -0.05) is 60.7 Å². The fraction of sp³-hybridized carbons (Fsp3) is 0.394. The van der Waals surface area contributed by atoms with Crippen LogP contribution in [0, 0.1) is 6.92 Å². The molecule has 3 atom stereocenters. The molecule has 0 spiro atoms. The summed E-state index contributed by atoms with van der Waals surface area (Å²) in [7, 11) is -3.38. The van der Waals surface area contributed by atoms with Crippen molar-refractivity contribution < 1.29 is 23.1 Å². The minimum Gasteiger partial charge on any atom is -0.480 e. The highest BCUT2D eigenvalue weighted by Crippen LogP contribution is 2.33. The second-order valence-corrected chi connectivity index (χ2v) is 14.4. The average molecular weight is 609 g/mol. The summed E-state index contributed by atoms with van der Waals surface area (Å²) in [5.41, 5.74) is 5.41. The lowest BCUT2D eigenvalue weighted by molar-refractivity contribution is -0.139. The van der Waals surface area contributed by atoms with Gasteiger partial charge in [0.1, 0.15) is 15.9 Å². The van der Waals surface area contributed by atoms with Crippen LogP contribution in [0.25, 0.3) is 11.1 Å². The number of hydrogen-bond acceptors (Lipinski definition) is 6. The predicted octanol–water partition coefficient (Wildman–Crippen LogP) is 5.22. The highest BCUT2D eigenvalue weighted by molar-refractivity contribution is 7.98. The lowest BCUT2D eigenvalue weighted by atomic mass is 9.93. The molecule has 1 fully saturated rings. The van der Waals surface area contributed by atoms with Gasteiger partial charge < -0.3 is 10.4 Å². The summed E-state index contributed by atoms with van der Waals surface area (Å²) in [4.78, 5) is 28.0. The van der Waals surface area contributed by atoms with Crippen molar-refractivity contribution >= 4 is 33.5 Å². The van der Waals surface area contributed by atoms with E-state index < -0.39 is 27.8 Å². The number of benzene rings is 3. The quantitative estimate of drug-likeness (QED) is 0.274. The van der Waals surface area contributed by atoms with E-state index in [0.29, 0.717) is 17.6 Å². The number of thioether (sulfide) groups is 1. The van der Waals surface area contributed by atoms with Crippen LogP contribution in [-0.4, -0.2) is 72.4 Å². The van der Waals surface area contributed by atoms with Gasteiger partial charge in [-0.2, -0.15) is 11.8 Å². The molecule has 1 saturated heterocycles. The lowest BCUT2D eigenvalue weighted by Gasteiger charge is -2.30. The van der Waals surface area contributed by atoms with E-state index in [2.05, 4.69) is 46.8 Å². The molecule has 3 aromatic carbocycles. The number of amides is 1. The van der Waals surface area contributed by atoms with Gasteiger partial charge in [0.2, 0.25) is 0 Å². The molecule has 2 N–H and O–H groups in total. The predicted molar refractivity (Wildman–Crippen MR) is 171 cm³/mol. The van der Waals surface area contributed by atoms with Gasteiger partial charge in [0.05, 0.1) is 5.75 Å². The number of rotatable bonds is 13. The van der Waals surface area contributed by atoms with Crippen molar-refractivity contribution in [2.24, 2.45) is 0 Å². The van der Waals surface area contributed by atoms with Gasteiger partial charge >= 0.3 is 5.97 Å². The van der Waals surface area contributed by atoms with Crippen molar-refractivity contribution in [1.82, 2.24) is 10.2 Å². The van der Waals surface area contributed by atoms with Crippen LogP contribution in [0.1, 0.15) is 46.3 Å². The van der Waals surface area contributed by atoms with Crippen molar-refractivity contribution in [2.45, 2.75) is 57.3 Å². The van der Waals surface area contributed by atoms with Crippen molar-refractivity contribution in [2.75, 3.05) is 24.0 Å². The topological polar surface area (TPSA) is 104 Å². The van der Waals surface area contributed by atoms with Crippen molar-refractivity contribution in [3.8, 4) is 11.1 Å². The normalized spacial score (nSPS) is 18.1. The molecule has 9 heteroatoms. The second kappa shape index (κ2) is 14.4. The van der Waals surface area contributed by atoms with Gasteiger partial charge in [-0.25, -0.2) is 13.2 Å². The Morgan fingerprint density at radius 3 is 2.33 bits per heavy atom. The third kappa shape index (κ3) is 8.46. The van der Waals surface area contributed by atoms with Gasteiger partial charge in [-0.05, 0) is 78.8 Å². The number of hydrogen-bond donors (Lipinski definition) is 2. The fourth-order valence-corrected chi connectivity index (χ4v) is 7.18. The number of carboxylic acids is 1. The van der Waals surface area contributed by atoms with E-state index in [-0.39, 0.29) is 12.2 Å². The van der Waals surface area contributed by atoms with Crippen molar-refractivity contribution in [1.29, 1.82) is 0 Å². The number of nitrogens with zero attached hydrogens (tertiary/aromatic N) is 1. The molecule has 4 rings (SSSR count). The van der Waals surface area contributed by atoms with E-state index in [4.69, 9.17) is 0 Å². The zero-order valence-electron chi connectivity index (χ0n) is 24.5. The van der Waals surface area contributed by atoms with E-state index >= 15 is 0 Å². The fourth-order valence-electron chi connectivity index (χ4n) is 5.77. The summed E-state index contributed by atoms with van der Waals surface area (Å²) < 4.78 is 23.3. The highest BCUT2D eigenvalue weighted by atomic mass is 32.2. The Bertz CT molecular complexity index is 1490. The molecule has 3 aromatic rings. The number of aryl methyl sites for hydroxylation is 1. The van der Waals surface area contributed by atoms with Crippen molar-refractivity contribution in [3.05, 3.63) is 95.1 Å². The maximum absolute atomic E-state index is 13.5. The van der Waals surface area contributed by atoms with Crippen LogP contribution in [0.15, 0.2) is 72.8 Å². The molecular formula is C33H40N2O5S2. The number of carboxylic acid groups (broad SMARTS) is 1. The molecule has 1 heterocycles. The molecular weight excluding hydrogens is 569 g/mol. The summed E-state index contributed by atoms with van der Waals surface area (Å²) >= 11 is 1.86. The van der Waals surface area contributed by atoms with E-state index in [1.807, 2.05) is 55.1 Å². The molecule has 0 aliphatic carbocycles. The summed E-state index contributed by atoms with van der Waals surface area (Å²) in [6.07, 6.45) is 6.26. The monoisotopic (exact) mass is 608 g/mol. The van der Waals surface area contributed by atoms with Crippen LogP contribution in [0.3, 0.4) is 0 Å². The first-order chi connectivity index (χ1) is 20.1. The molecule has 0 radical (unpaired) electrons. The minimum atomic E-state index is -3.38. The summed E-state index contributed by atoms with van der Waals surface area (Å²) in [6.45, 7) is 2.73. The smallest absolute Gasteiger partial charge is 0.326 e. The number of aliphatic carboxylic acids is 1. The Kier molecular flexibility index (Phi) is 10.9. The maximum atomic E-state index is 13.5. The molecule has 7 nitrogen and oxygen atoms in total. The van der Waals surface area contributed by atoms with Gasteiger partial charge in [0, 0.05) is 36.2 Å². The van der Waals surface area contributed by atoms with E-state index in [9.17, 15) is 23.1 Å². The molecule has 224 valence electrons. The minimum absolute atomic E-state index is 0.202. The zero-order valence-corrected chi connectivity index (χ0v) is 26.1. The number of carbonyl (C=O) groups is 2. The Balaban J connectivity index is 1.65. The number of nitrogens with one attached hydrogen (secondary N) is 1. The third-order valence-electron chi connectivity index (χ3n) is 7.95. The number of sulfone groups is 1. The molecule has 1 amide bonds.